The van der Waals surface area contributed by atoms with Gasteiger partial charge in [0.25, 0.3) is 0 Å². The van der Waals surface area contributed by atoms with E-state index in [4.69, 9.17) is 23.1 Å². The SMILES string of the molecule is NCCc1[nH]nc2c(N)nc3cc(-c4ccn[nH]4)c(Cl)cc3c12. The first-order valence-corrected chi connectivity index (χ1v) is 7.52. The summed E-state index contributed by atoms with van der Waals surface area (Å²) >= 11 is 6.47. The summed E-state index contributed by atoms with van der Waals surface area (Å²) in [5.74, 6) is 0.380. The van der Waals surface area contributed by atoms with Crippen molar-refractivity contribution >= 4 is 39.2 Å². The van der Waals surface area contributed by atoms with Gasteiger partial charge in [-0.25, -0.2) is 4.98 Å². The zero-order chi connectivity index (χ0) is 16.0. The van der Waals surface area contributed by atoms with Crippen LogP contribution < -0.4 is 11.5 Å². The van der Waals surface area contributed by atoms with Crippen LogP contribution >= 0.6 is 11.6 Å². The Morgan fingerprint density at radius 1 is 1.22 bits per heavy atom. The summed E-state index contributed by atoms with van der Waals surface area (Å²) in [6, 6.07) is 5.64. The Morgan fingerprint density at radius 2 is 2.09 bits per heavy atom. The molecule has 3 heterocycles. The van der Waals surface area contributed by atoms with Crippen LogP contribution in [0.1, 0.15) is 5.69 Å². The monoisotopic (exact) mass is 327 g/mol. The molecule has 1 aromatic carbocycles. The summed E-state index contributed by atoms with van der Waals surface area (Å²) < 4.78 is 0. The number of aromatic amines is 2. The minimum absolute atomic E-state index is 0.380. The van der Waals surface area contributed by atoms with Crippen molar-refractivity contribution in [3.05, 3.63) is 35.1 Å². The summed E-state index contributed by atoms with van der Waals surface area (Å²) in [6.45, 7) is 0.515. The number of pyridine rings is 1. The number of nitrogens with zero attached hydrogens (tertiary/aromatic N) is 3. The molecule has 6 N–H and O–H groups in total. The number of H-pyrrole nitrogens is 2. The fourth-order valence-electron chi connectivity index (χ4n) is 2.83. The molecular weight excluding hydrogens is 314 g/mol. The standard InChI is InChI=1S/C15H14ClN7/c16-9-5-8-12(6-7(9)10-2-4-19-21-10)20-15(18)14-13(8)11(1-3-17)22-23-14/h2,4-6H,1,3,17H2,(H2,18,20)(H,19,21)(H,22,23). The molecule has 0 radical (unpaired) electrons. The average Bonchev–Trinajstić information content (AvgIpc) is 3.18. The number of nitrogens with one attached hydrogen (secondary N) is 2. The van der Waals surface area contributed by atoms with Gasteiger partial charge in [-0.2, -0.15) is 10.2 Å². The second-order valence-electron chi connectivity index (χ2n) is 5.28. The number of nitrogen functional groups attached to an aromatic ring is 1. The number of hydrogen-bond acceptors (Lipinski definition) is 5. The Labute approximate surface area is 136 Å². The third-order valence-corrected chi connectivity index (χ3v) is 4.18. The van der Waals surface area contributed by atoms with E-state index in [1.165, 1.54) is 0 Å². The van der Waals surface area contributed by atoms with Gasteiger partial charge >= 0.3 is 0 Å². The Kier molecular flexibility index (Phi) is 3.17. The fourth-order valence-corrected chi connectivity index (χ4v) is 3.09. The highest BCUT2D eigenvalue weighted by molar-refractivity contribution is 6.34. The quantitative estimate of drug-likeness (QED) is 0.459. The van der Waals surface area contributed by atoms with Gasteiger partial charge in [0, 0.05) is 34.6 Å². The number of halogens is 1. The third kappa shape index (κ3) is 2.13. The molecule has 0 fully saturated rings. The number of hydrogen-bond donors (Lipinski definition) is 4. The van der Waals surface area contributed by atoms with Crippen molar-refractivity contribution in [1.29, 1.82) is 0 Å². The lowest BCUT2D eigenvalue weighted by Gasteiger charge is -2.08. The minimum Gasteiger partial charge on any atom is -0.382 e. The molecule has 0 saturated carbocycles. The molecule has 7 nitrogen and oxygen atoms in total. The molecule has 3 aromatic heterocycles. The van der Waals surface area contributed by atoms with Crippen LogP contribution in [0.15, 0.2) is 24.4 Å². The van der Waals surface area contributed by atoms with E-state index in [9.17, 15) is 0 Å². The van der Waals surface area contributed by atoms with Gasteiger partial charge in [0.2, 0.25) is 0 Å². The van der Waals surface area contributed by atoms with Gasteiger partial charge in [-0.3, -0.25) is 10.2 Å². The first kappa shape index (κ1) is 14.0. The molecule has 4 aromatic rings. The molecule has 0 bridgehead atoms. The molecule has 0 saturated heterocycles. The van der Waals surface area contributed by atoms with Crippen LogP contribution in [0.5, 0.6) is 0 Å². The maximum Gasteiger partial charge on any atom is 0.152 e. The van der Waals surface area contributed by atoms with Gasteiger partial charge in [-0.1, -0.05) is 11.6 Å². The Balaban J connectivity index is 2.07. The highest BCUT2D eigenvalue weighted by Gasteiger charge is 2.16. The van der Waals surface area contributed by atoms with E-state index >= 15 is 0 Å². The minimum atomic E-state index is 0.380. The first-order chi connectivity index (χ1) is 11.2. The molecule has 0 aliphatic carbocycles. The van der Waals surface area contributed by atoms with Crippen molar-refractivity contribution in [1.82, 2.24) is 25.4 Å². The number of anilines is 1. The predicted octanol–water partition coefficient (Wildman–Crippen LogP) is 2.24. The summed E-state index contributed by atoms with van der Waals surface area (Å²) in [4.78, 5) is 4.46. The van der Waals surface area contributed by atoms with Crippen LogP contribution in [0.2, 0.25) is 5.02 Å². The lowest BCUT2D eigenvalue weighted by Crippen LogP contribution is -2.03. The Hall–Kier alpha value is -2.64. The van der Waals surface area contributed by atoms with Crippen molar-refractivity contribution < 1.29 is 0 Å². The molecule has 8 heteroatoms. The number of benzene rings is 1. The highest BCUT2D eigenvalue weighted by Crippen LogP contribution is 2.35. The van der Waals surface area contributed by atoms with E-state index in [1.54, 1.807) is 6.20 Å². The normalized spacial score (nSPS) is 11.6. The third-order valence-electron chi connectivity index (χ3n) is 3.86. The number of aromatic nitrogens is 5. The first-order valence-electron chi connectivity index (χ1n) is 7.14. The molecule has 0 unspecified atom stereocenters. The van der Waals surface area contributed by atoms with Gasteiger partial charge in [-0.05, 0) is 24.7 Å². The van der Waals surface area contributed by atoms with E-state index in [0.29, 0.717) is 29.3 Å². The van der Waals surface area contributed by atoms with Crippen molar-refractivity contribution in [3.63, 3.8) is 0 Å². The zero-order valence-electron chi connectivity index (χ0n) is 12.1. The van der Waals surface area contributed by atoms with Crippen LogP contribution in [-0.2, 0) is 6.42 Å². The lowest BCUT2D eigenvalue weighted by atomic mass is 10.0. The van der Waals surface area contributed by atoms with Crippen LogP contribution in [0, 0.1) is 0 Å². The van der Waals surface area contributed by atoms with Crippen molar-refractivity contribution in [3.8, 4) is 11.3 Å². The van der Waals surface area contributed by atoms with Crippen molar-refractivity contribution in [2.75, 3.05) is 12.3 Å². The Morgan fingerprint density at radius 3 is 2.83 bits per heavy atom. The van der Waals surface area contributed by atoms with Gasteiger partial charge < -0.3 is 11.5 Å². The fraction of sp³-hybridized carbons (Fsp3) is 0.133. The van der Waals surface area contributed by atoms with Gasteiger partial charge in [0.05, 0.1) is 16.2 Å². The summed E-state index contributed by atoms with van der Waals surface area (Å²) in [5, 5.41) is 16.6. The van der Waals surface area contributed by atoms with E-state index in [0.717, 1.165) is 33.2 Å². The van der Waals surface area contributed by atoms with Crippen molar-refractivity contribution in [2.24, 2.45) is 5.73 Å². The predicted molar refractivity (Wildman–Crippen MR) is 91.2 cm³/mol. The molecule has 23 heavy (non-hydrogen) atoms. The van der Waals surface area contributed by atoms with E-state index in [2.05, 4.69) is 25.4 Å². The van der Waals surface area contributed by atoms with Gasteiger partial charge in [0.1, 0.15) is 5.52 Å². The molecule has 0 amide bonds. The Bertz CT molecular complexity index is 1000. The van der Waals surface area contributed by atoms with Crippen molar-refractivity contribution in [2.45, 2.75) is 6.42 Å². The smallest absolute Gasteiger partial charge is 0.152 e. The van der Waals surface area contributed by atoms with Crippen LogP contribution in [0.3, 0.4) is 0 Å². The lowest BCUT2D eigenvalue weighted by molar-refractivity contribution is 0.910. The molecule has 0 atom stereocenters. The second-order valence-corrected chi connectivity index (χ2v) is 5.69. The average molecular weight is 328 g/mol. The van der Waals surface area contributed by atoms with E-state index in [-0.39, 0.29) is 0 Å². The molecular formula is C15H14ClN7. The zero-order valence-corrected chi connectivity index (χ0v) is 12.9. The topological polar surface area (TPSA) is 122 Å². The summed E-state index contributed by atoms with van der Waals surface area (Å²) in [6.07, 6.45) is 2.35. The largest absolute Gasteiger partial charge is 0.382 e. The highest BCUT2D eigenvalue weighted by atomic mass is 35.5. The number of rotatable bonds is 3. The number of nitrogens with two attached hydrogens (primary N) is 2. The molecule has 4 rings (SSSR count). The van der Waals surface area contributed by atoms with Crippen LogP contribution in [0.25, 0.3) is 33.1 Å². The maximum atomic E-state index is 6.47. The second kappa shape index (κ2) is 5.22. The van der Waals surface area contributed by atoms with Crippen LogP contribution in [0.4, 0.5) is 5.82 Å². The molecule has 0 spiro atoms. The molecule has 116 valence electrons. The molecule has 0 aliphatic heterocycles. The molecule has 0 aliphatic rings. The van der Waals surface area contributed by atoms with E-state index < -0.39 is 0 Å². The van der Waals surface area contributed by atoms with Crippen LogP contribution in [-0.4, -0.2) is 31.9 Å². The number of fused-ring (bicyclic) bond motifs is 3. The van der Waals surface area contributed by atoms with Gasteiger partial charge in [-0.15, -0.1) is 0 Å². The van der Waals surface area contributed by atoms with Gasteiger partial charge in [0.15, 0.2) is 5.82 Å². The van der Waals surface area contributed by atoms with E-state index in [1.807, 2.05) is 18.2 Å². The summed E-state index contributed by atoms with van der Waals surface area (Å²) in [5.41, 5.74) is 15.7. The maximum absolute atomic E-state index is 6.47. The summed E-state index contributed by atoms with van der Waals surface area (Å²) in [7, 11) is 0.